The maximum absolute atomic E-state index is 11.2. The summed E-state index contributed by atoms with van der Waals surface area (Å²) in [5.74, 6) is 0. The molecule has 1 fully saturated rings. The lowest BCUT2D eigenvalue weighted by Crippen LogP contribution is -2.46. The molecule has 0 bridgehead atoms. The molecule has 1 rings (SSSR count). The highest BCUT2D eigenvalue weighted by molar-refractivity contribution is 5.74. The summed E-state index contributed by atoms with van der Waals surface area (Å²) in [5.41, 5.74) is 5.55. The molecule has 0 spiro atoms. The van der Waals surface area contributed by atoms with Crippen molar-refractivity contribution in [2.45, 2.75) is 38.1 Å². The summed E-state index contributed by atoms with van der Waals surface area (Å²) < 4.78 is 5.22. The molecule has 1 heterocycles. The van der Waals surface area contributed by atoms with E-state index in [2.05, 4.69) is 10.6 Å². The van der Waals surface area contributed by atoms with E-state index >= 15 is 0 Å². The number of hydrogen-bond acceptors (Lipinski definition) is 4. The highest BCUT2D eigenvalue weighted by Gasteiger charge is 2.33. The van der Waals surface area contributed by atoms with Gasteiger partial charge in [-0.3, -0.25) is 0 Å². The third kappa shape index (κ3) is 3.65. The van der Waals surface area contributed by atoms with Gasteiger partial charge in [0.25, 0.3) is 0 Å². The summed E-state index contributed by atoms with van der Waals surface area (Å²) in [4.78, 5) is 11.2. The van der Waals surface area contributed by atoms with Gasteiger partial charge in [-0.2, -0.15) is 0 Å². The van der Waals surface area contributed by atoms with Crippen LogP contribution in [0.2, 0.25) is 0 Å². The summed E-state index contributed by atoms with van der Waals surface area (Å²) in [6.07, 6.45) is -1.11. The van der Waals surface area contributed by atoms with E-state index < -0.39 is 12.2 Å². The first-order valence-corrected chi connectivity index (χ1v) is 5.10. The molecule has 0 unspecified atom stereocenters. The number of aliphatic hydroxyl groups excluding tert-OH is 1. The van der Waals surface area contributed by atoms with Gasteiger partial charge in [-0.15, -0.1) is 0 Å². The van der Waals surface area contributed by atoms with Crippen LogP contribution in [-0.4, -0.2) is 48.6 Å². The van der Waals surface area contributed by atoms with Crippen molar-refractivity contribution in [1.29, 1.82) is 0 Å². The second-order valence-electron chi connectivity index (χ2n) is 4.04. The molecular weight excluding hydrogens is 198 g/mol. The van der Waals surface area contributed by atoms with Crippen LogP contribution in [0.5, 0.6) is 0 Å². The second kappa shape index (κ2) is 5.29. The Bertz CT molecular complexity index is 223. The van der Waals surface area contributed by atoms with E-state index in [1.165, 1.54) is 0 Å². The number of carbonyl (C=O) groups is 1. The van der Waals surface area contributed by atoms with Crippen molar-refractivity contribution in [3.8, 4) is 0 Å². The maximum Gasteiger partial charge on any atom is 0.315 e. The monoisotopic (exact) mass is 217 g/mol. The number of carbonyl (C=O) groups excluding carboxylic acids is 1. The van der Waals surface area contributed by atoms with Gasteiger partial charge in [0.15, 0.2) is 0 Å². The lowest BCUT2D eigenvalue weighted by molar-refractivity contribution is 0.0434. The van der Waals surface area contributed by atoms with E-state index in [0.29, 0.717) is 6.61 Å². The van der Waals surface area contributed by atoms with Crippen LogP contribution in [0.1, 0.15) is 13.8 Å². The van der Waals surface area contributed by atoms with Gasteiger partial charge < -0.3 is 26.2 Å². The Morgan fingerprint density at radius 2 is 2.33 bits per heavy atom. The zero-order valence-electron chi connectivity index (χ0n) is 9.06. The number of nitrogens with one attached hydrogen (secondary N) is 2. The number of hydrogen-bond donors (Lipinski definition) is 4. The van der Waals surface area contributed by atoms with Gasteiger partial charge in [0, 0.05) is 12.6 Å². The third-order valence-electron chi connectivity index (χ3n) is 2.21. The summed E-state index contributed by atoms with van der Waals surface area (Å²) in [5, 5.41) is 14.8. The Labute approximate surface area is 89.2 Å². The molecule has 1 aliphatic heterocycles. The fraction of sp³-hybridized carbons (Fsp3) is 0.889. The van der Waals surface area contributed by atoms with Gasteiger partial charge in [-0.05, 0) is 13.8 Å². The average molecular weight is 217 g/mol. The van der Waals surface area contributed by atoms with Crippen LogP contribution in [-0.2, 0) is 4.74 Å². The fourth-order valence-corrected chi connectivity index (χ4v) is 1.39. The Balaban J connectivity index is 2.23. The Hall–Kier alpha value is -0.850. The lowest BCUT2D eigenvalue weighted by atomic mass is 10.1. The van der Waals surface area contributed by atoms with Gasteiger partial charge in [0.1, 0.15) is 6.10 Å². The number of amides is 2. The fourth-order valence-electron chi connectivity index (χ4n) is 1.39. The van der Waals surface area contributed by atoms with Gasteiger partial charge in [0.2, 0.25) is 0 Å². The zero-order valence-corrected chi connectivity index (χ0v) is 9.06. The number of nitrogens with two attached hydrogens (primary N) is 1. The molecular formula is C9H19N3O3. The van der Waals surface area contributed by atoms with Crippen LogP contribution >= 0.6 is 0 Å². The molecule has 3 atom stereocenters. The summed E-state index contributed by atoms with van der Waals surface area (Å²) >= 11 is 0. The minimum Gasteiger partial charge on any atom is -0.389 e. The van der Waals surface area contributed by atoms with Crippen LogP contribution in [0.15, 0.2) is 0 Å². The Kier molecular flexibility index (Phi) is 4.31. The normalized spacial score (nSPS) is 30.6. The van der Waals surface area contributed by atoms with E-state index in [4.69, 9.17) is 10.5 Å². The van der Waals surface area contributed by atoms with Crippen LogP contribution in [0.25, 0.3) is 0 Å². The average Bonchev–Trinajstić information content (AvgIpc) is 2.44. The molecule has 88 valence electrons. The van der Waals surface area contributed by atoms with Crippen molar-refractivity contribution < 1.29 is 14.6 Å². The predicted octanol–water partition coefficient (Wildman–Crippen LogP) is -1.22. The van der Waals surface area contributed by atoms with Crippen molar-refractivity contribution >= 4 is 6.03 Å². The summed E-state index contributed by atoms with van der Waals surface area (Å²) in [6, 6.07) is -0.534. The molecule has 2 amide bonds. The highest BCUT2D eigenvalue weighted by Crippen LogP contribution is 2.11. The lowest BCUT2D eigenvalue weighted by Gasteiger charge is -2.16. The second-order valence-corrected chi connectivity index (χ2v) is 4.04. The maximum atomic E-state index is 11.2. The number of ether oxygens (including phenoxy) is 1. The number of urea groups is 1. The van der Waals surface area contributed by atoms with Crippen LogP contribution < -0.4 is 16.4 Å². The third-order valence-corrected chi connectivity index (χ3v) is 2.21. The molecule has 6 nitrogen and oxygen atoms in total. The molecule has 0 aromatic carbocycles. The smallest absolute Gasteiger partial charge is 0.315 e. The minimum absolute atomic E-state index is 0.0849. The quantitative estimate of drug-likeness (QED) is 0.476. The van der Waals surface area contributed by atoms with Gasteiger partial charge in [0.05, 0.1) is 18.8 Å². The SMILES string of the molecule is CC(C)NC(=O)NC[C@H]1OC[C@@H](N)[C@@H]1O. The topological polar surface area (TPSA) is 96.6 Å². The summed E-state index contributed by atoms with van der Waals surface area (Å²) in [7, 11) is 0. The molecule has 15 heavy (non-hydrogen) atoms. The highest BCUT2D eigenvalue weighted by atomic mass is 16.5. The molecule has 0 saturated carbocycles. The molecule has 0 aromatic rings. The van der Waals surface area contributed by atoms with E-state index in [-0.39, 0.29) is 24.7 Å². The Morgan fingerprint density at radius 3 is 2.80 bits per heavy atom. The predicted molar refractivity (Wildman–Crippen MR) is 55.4 cm³/mol. The first kappa shape index (κ1) is 12.2. The molecule has 5 N–H and O–H groups in total. The summed E-state index contributed by atoms with van der Waals surface area (Å²) in [6.45, 7) is 4.35. The minimum atomic E-state index is -0.704. The van der Waals surface area contributed by atoms with Gasteiger partial charge in [-0.25, -0.2) is 4.79 Å². The van der Waals surface area contributed by atoms with E-state index in [9.17, 15) is 9.90 Å². The first-order valence-electron chi connectivity index (χ1n) is 5.10. The molecule has 0 radical (unpaired) electrons. The van der Waals surface area contributed by atoms with E-state index in [1.807, 2.05) is 13.8 Å². The van der Waals surface area contributed by atoms with Crippen molar-refractivity contribution in [2.24, 2.45) is 5.73 Å². The zero-order chi connectivity index (χ0) is 11.4. The van der Waals surface area contributed by atoms with Crippen molar-refractivity contribution in [1.82, 2.24) is 10.6 Å². The molecule has 1 saturated heterocycles. The van der Waals surface area contributed by atoms with Crippen molar-refractivity contribution in [2.75, 3.05) is 13.2 Å². The van der Waals surface area contributed by atoms with Crippen molar-refractivity contribution in [3.63, 3.8) is 0 Å². The largest absolute Gasteiger partial charge is 0.389 e. The van der Waals surface area contributed by atoms with Crippen LogP contribution in [0.4, 0.5) is 4.79 Å². The number of aliphatic hydroxyl groups is 1. The van der Waals surface area contributed by atoms with Gasteiger partial charge in [-0.1, -0.05) is 0 Å². The van der Waals surface area contributed by atoms with E-state index in [0.717, 1.165) is 0 Å². The molecule has 6 heteroatoms. The van der Waals surface area contributed by atoms with Crippen LogP contribution in [0, 0.1) is 0 Å². The molecule has 0 aliphatic carbocycles. The number of rotatable bonds is 3. The van der Waals surface area contributed by atoms with Gasteiger partial charge >= 0.3 is 6.03 Å². The molecule has 1 aliphatic rings. The molecule has 0 aromatic heterocycles. The standard InChI is InChI=1S/C9H19N3O3/c1-5(2)12-9(14)11-3-7-8(13)6(10)4-15-7/h5-8,13H,3-4,10H2,1-2H3,(H2,11,12,14)/t6-,7-,8+/m1/s1. The van der Waals surface area contributed by atoms with Crippen LogP contribution in [0.3, 0.4) is 0 Å². The van der Waals surface area contributed by atoms with E-state index in [1.54, 1.807) is 0 Å². The Morgan fingerprint density at radius 1 is 1.67 bits per heavy atom. The first-order chi connectivity index (χ1) is 7.00. The van der Waals surface area contributed by atoms with Crippen molar-refractivity contribution in [3.05, 3.63) is 0 Å².